The smallest absolute Gasteiger partial charge is 0.218 e. The molecule has 1 radical (unpaired) electrons. The van der Waals surface area contributed by atoms with E-state index in [1.54, 1.807) is 0 Å². The third-order valence-electron chi connectivity index (χ3n) is 3.89. The third kappa shape index (κ3) is 5.16. The maximum absolute atomic E-state index is 10.0. The number of hydrogen-bond acceptors (Lipinski definition) is 4. The van der Waals surface area contributed by atoms with Gasteiger partial charge in [-0.15, -0.1) is 35.4 Å². The number of carbonyl (C=O) groups is 1. The molecule has 4 rings (SSSR count). The average Bonchev–Trinajstić information content (AvgIpc) is 2.99. The molecule has 2 heterocycles. The maximum atomic E-state index is 10.0. The van der Waals surface area contributed by atoms with Gasteiger partial charge in [-0.25, -0.2) is 0 Å². The van der Waals surface area contributed by atoms with Crippen molar-refractivity contribution >= 4 is 27.9 Å². The van der Waals surface area contributed by atoms with Crippen molar-refractivity contribution in [1.82, 2.24) is 4.98 Å². The van der Waals surface area contributed by atoms with Crippen molar-refractivity contribution in [3.05, 3.63) is 78.1 Å². The molecule has 0 atom stereocenters. The fraction of sp³-hybridized carbons (Fsp3) is 0.130. The second kappa shape index (κ2) is 9.45. The van der Waals surface area contributed by atoms with Crippen LogP contribution in [0.3, 0.4) is 0 Å². The molecule has 0 bridgehead atoms. The molecule has 5 heteroatoms. The number of aliphatic hydroxyl groups excluding tert-OH is 1. The largest absolute Gasteiger partial charge is 0.512 e. The minimum Gasteiger partial charge on any atom is -0.512 e. The van der Waals surface area contributed by atoms with Crippen LogP contribution in [0.4, 0.5) is 0 Å². The van der Waals surface area contributed by atoms with Crippen molar-refractivity contribution < 1.29 is 35.9 Å². The number of ketones is 1. The second-order valence-corrected chi connectivity index (χ2v) is 6.32. The molecule has 4 aromatic rings. The summed E-state index contributed by atoms with van der Waals surface area (Å²) in [7, 11) is 0. The van der Waals surface area contributed by atoms with E-state index in [0.29, 0.717) is 5.71 Å². The molecule has 4 nitrogen and oxygen atoms in total. The number of fused-ring (bicyclic) bond motifs is 3. The molecule has 0 unspecified atom stereocenters. The predicted molar refractivity (Wildman–Crippen MR) is 110 cm³/mol. The van der Waals surface area contributed by atoms with Crippen LogP contribution >= 0.6 is 0 Å². The van der Waals surface area contributed by atoms with Gasteiger partial charge in [-0.2, -0.15) is 0 Å². The Morgan fingerprint density at radius 2 is 1.89 bits per heavy atom. The van der Waals surface area contributed by atoms with E-state index in [1.165, 1.54) is 25.5 Å². The third-order valence-corrected chi connectivity index (χ3v) is 3.89. The Bertz CT molecular complexity index is 1150. The van der Waals surface area contributed by atoms with Crippen LogP contribution in [-0.4, -0.2) is 15.9 Å². The summed E-state index contributed by atoms with van der Waals surface area (Å²) in [5.41, 5.74) is 4.64. The van der Waals surface area contributed by atoms with E-state index in [-0.39, 0.29) is 33.1 Å². The average molecular weight is 554 g/mol. The fourth-order valence-electron chi connectivity index (χ4n) is 2.78. The molecule has 0 spiro atoms. The number of para-hydroxylation sites is 1. The van der Waals surface area contributed by atoms with Crippen LogP contribution in [0.1, 0.15) is 20.8 Å². The van der Waals surface area contributed by atoms with E-state index in [1.807, 2.05) is 36.4 Å². The van der Waals surface area contributed by atoms with Gasteiger partial charge in [0, 0.05) is 38.4 Å². The number of carbonyl (C=O) groups excluding carboxylic acids is 1. The van der Waals surface area contributed by atoms with Gasteiger partial charge >= 0.3 is 0 Å². The molecule has 0 aliphatic carbocycles. The van der Waals surface area contributed by atoms with Gasteiger partial charge in [0.25, 0.3) is 0 Å². The molecular weight excluding hydrogens is 530 g/mol. The minimum absolute atomic E-state index is 0. The number of allylic oxidation sites excluding steroid dienone is 2. The summed E-state index contributed by atoms with van der Waals surface area (Å²) in [6.07, 6.45) is 1.17. The van der Waals surface area contributed by atoms with Gasteiger partial charge in [0.15, 0.2) is 5.78 Å². The Labute approximate surface area is 178 Å². The number of furan rings is 1. The van der Waals surface area contributed by atoms with Crippen LogP contribution in [0.5, 0.6) is 0 Å². The number of aromatic nitrogens is 1. The summed E-state index contributed by atoms with van der Waals surface area (Å²) in [6, 6.07) is 21.4. The Kier molecular flexibility index (Phi) is 7.27. The first kappa shape index (κ1) is 21.5. The van der Waals surface area contributed by atoms with Gasteiger partial charge in [-0.1, -0.05) is 37.3 Å². The molecule has 0 aliphatic heterocycles. The predicted octanol–water partition coefficient (Wildman–Crippen LogP) is 6.04. The quantitative estimate of drug-likeness (QED) is 0.187. The van der Waals surface area contributed by atoms with E-state index in [0.717, 1.165) is 27.6 Å². The number of aliphatic hydroxyl groups is 1. The van der Waals surface area contributed by atoms with Gasteiger partial charge in [0.05, 0.1) is 5.76 Å². The Hall–Kier alpha value is -2.75. The number of nitrogens with zero attached hydrogens (tertiary/aromatic N) is 1. The van der Waals surface area contributed by atoms with Gasteiger partial charge in [-0.05, 0) is 25.6 Å². The SMILES string of the molecule is CC(=O)C=C(C)O.Cc1cc[c-]c(-c2ccc3c(n2)oc2ccccc23)c1.[2HH].[Ir]. The molecular formula is C23H22IrNO3-. The van der Waals surface area contributed by atoms with Crippen molar-refractivity contribution in [2.45, 2.75) is 20.8 Å². The molecule has 0 aliphatic rings. The summed E-state index contributed by atoms with van der Waals surface area (Å²) >= 11 is 0. The van der Waals surface area contributed by atoms with Crippen LogP contribution in [0.2, 0.25) is 0 Å². The fourth-order valence-corrected chi connectivity index (χ4v) is 2.78. The molecule has 147 valence electrons. The number of rotatable bonds is 2. The van der Waals surface area contributed by atoms with Gasteiger partial charge in [0.1, 0.15) is 5.58 Å². The topological polar surface area (TPSA) is 63.3 Å². The number of aryl methyl sites for hydroxylation is 1. The van der Waals surface area contributed by atoms with Crippen molar-refractivity contribution in [3.8, 4) is 11.3 Å². The number of hydrogen-bond donors (Lipinski definition) is 1. The molecule has 2 aromatic heterocycles. The standard InChI is InChI=1S/C18H12NO.C5H8O2.Ir.H2/c1-12-5-4-6-13(11-12)16-10-9-15-14-7-2-3-8-17(14)20-18(15)19-16;1-4(6)3-5(2)7;;/h2-5,7-11H,1H3;3,6H,1-2H3;;1H/q-1;;;/i;;;1+1. The van der Waals surface area contributed by atoms with E-state index in [2.05, 4.69) is 36.2 Å². The van der Waals surface area contributed by atoms with Gasteiger partial charge in [0.2, 0.25) is 5.71 Å². The first-order valence-corrected chi connectivity index (χ1v) is 8.59. The van der Waals surface area contributed by atoms with Crippen molar-refractivity contribution in [1.29, 1.82) is 0 Å². The van der Waals surface area contributed by atoms with Gasteiger partial charge in [-0.3, -0.25) is 9.78 Å². The second-order valence-electron chi connectivity index (χ2n) is 6.32. The van der Waals surface area contributed by atoms with Crippen molar-refractivity contribution in [3.63, 3.8) is 0 Å². The first-order chi connectivity index (χ1) is 12.9. The molecule has 0 amide bonds. The monoisotopic (exact) mass is 554 g/mol. The summed E-state index contributed by atoms with van der Waals surface area (Å²) in [4.78, 5) is 14.6. The van der Waals surface area contributed by atoms with Gasteiger partial charge < -0.3 is 9.52 Å². The summed E-state index contributed by atoms with van der Waals surface area (Å²) in [5, 5.41) is 10.5. The molecule has 2 aromatic carbocycles. The first-order valence-electron chi connectivity index (χ1n) is 8.59. The summed E-state index contributed by atoms with van der Waals surface area (Å²) in [6.45, 7) is 4.91. The van der Waals surface area contributed by atoms with Crippen LogP contribution in [0, 0.1) is 13.0 Å². The Morgan fingerprint density at radius 3 is 2.54 bits per heavy atom. The van der Waals surface area contributed by atoms with E-state index in [4.69, 9.17) is 9.52 Å². The van der Waals surface area contributed by atoms with Crippen LogP contribution < -0.4 is 0 Å². The number of pyridine rings is 1. The van der Waals surface area contributed by atoms with Crippen molar-refractivity contribution in [2.24, 2.45) is 0 Å². The van der Waals surface area contributed by atoms with Crippen LogP contribution in [-0.2, 0) is 24.9 Å². The normalized spacial score (nSPS) is 10.9. The molecule has 0 saturated carbocycles. The molecule has 1 N–H and O–H groups in total. The zero-order valence-electron chi connectivity index (χ0n) is 15.8. The minimum atomic E-state index is -0.125. The zero-order chi connectivity index (χ0) is 19.4. The molecule has 0 fully saturated rings. The van der Waals surface area contributed by atoms with Crippen molar-refractivity contribution in [2.75, 3.05) is 0 Å². The summed E-state index contributed by atoms with van der Waals surface area (Å²) < 4.78 is 5.82. The Morgan fingerprint density at radius 1 is 1.14 bits per heavy atom. The van der Waals surface area contributed by atoms with E-state index in [9.17, 15) is 4.79 Å². The summed E-state index contributed by atoms with van der Waals surface area (Å²) in [5.74, 6) is -0.0625. The van der Waals surface area contributed by atoms with E-state index < -0.39 is 0 Å². The van der Waals surface area contributed by atoms with Crippen LogP contribution in [0.25, 0.3) is 33.3 Å². The van der Waals surface area contributed by atoms with Crippen LogP contribution in [0.15, 0.2) is 70.8 Å². The molecule has 0 saturated heterocycles. The molecule has 28 heavy (non-hydrogen) atoms. The van der Waals surface area contributed by atoms with E-state index >= 15 is 0 Å². The number of benzene rings is 2. The Balaban J connectivity index is 0.000000410. The maximum Gasteiger partial charge on any atom is 0.218 e. The zero-order valence-corrected chi connectivity index (χ0v) is 18.2.